The highest BCUT2D eigenvalue weighted by Gasteiger charge is 2.47. The monoisotopic (exact) mass is 475 g/mol. The molecular weight excluding hydrogens is 430 g/mol. The second-order valence-corrected chi connectivity index (χ2v) is 9.34. The fourth-order valence-electron chi connectivity index (χ4n) is 3.07. The molecule has 1 fully saturated rings. The average molecular weight is 476 g/mol. The Balaban J connectivity index is 2.47. The van der Waals surface area contributed by atoms with Gasteiger partial charge in [0.1, 0.15) is 6.10 Å². The van der Waals surface area contributed by atoms with Crippen molar-refractivity contribution >= 4 is 11.9 Å². The third-order valence-electron chi connectivity index (χ3n) is 4.37. The van der Waals surface area contributed by atoms with Crippen LogP contribution in [0.2, 0.25) is 0 Å². The van der Waals surface area contributed by atoms with Crippen LogP contribution in [-0.4, -0.2) is 74.0 Å². The molecule has 1 rings (SSSR count). The molecule has 10 nitrogen and oxygen atoms in total. The highest BCUT2D eigenvalue weighted by Crippen LogP contribution is 2.29. The first-order valence-electron chi connectivity index (χ1n) is 12.1. The highest BCUT2D eigenvalue weighted by atomic mass is 16.8. The minimum atomic E-state index is -0.369. The molecular formula is C23H45N3O7. The SMILES string of the molecule is CC(C)ON[C@@H](CC(=O)OC(C)C)NCCCN[C@@H](CC(=O)OC(C)C)C1OC1OC(C)C. The molecule has 10 heteroatoms. The molecule has 0 aromatic carbocycles. The van der Waals surface area contributed by atoms with E-state index in [0.29, 0.717) is 13.1 Å². The number of hydrogen-bond acceptors (Lipinski definition) is 10. The molecule has 3 N–H and O–H groups in total. The van der Waals surface area contributed by atoms with Crippen molar-refractivity contribution in [2.45, 2.75) is 124 Å². The van der Waals surface area contributed by atoms with Gasteiger partial charge in [0.2, 0.25) is 0 Å². The standard InChI is InChI=1S/C23H45N3O7/c1-14(2)29-20(27)12-18(22-23(32-22)31-16(5)6)24-10-9-11-25-19(26-33-17(7)8)13-21(28)30-15(3)4/h14-19,22-26H,9-13H2,1-8H3/t18-,19-,22?,23?/m0/s1. The molecule has 1 aliphatic rings. The molecule has 0 aromatic rings. The second kappa shape index (κ2) is 15.6. The van der Waals surface area contributed by atoms with E-state index in [1.165, 1.54) is 0 Å². The topological polar surface area (TPSA) is 120 Å². The van der Waals surface area contributed by atoms with Gasteiger partial charge in [0.15, 0.2) is 6.29 Å². The first-order valence-corrected chi connectivity index (χ1v) is 12.1. The zero-order valence-corrected chi connectivity index (χ0v) is 21.5. The Bertz CT molecular complexity index is 572. The third-order valence-corrected chi connectivity index (χ3v) is 4.37. The van der Waals surface area contributed by atoms with Crippen LogP contribution in [-0.2, 0) is 33.4 Å². The zero-order chi connectivity index (χ0) is 25.0. The summed E-state index contributed by atoms with van der Waals surface area (Å²) in [6, 6.07) is -0.195. The normalized spacial score (nSPS) is 19.9. The van der Waals surface area contributed by atoms with Gasteiger partial charge < -0.3 is 24.3 Å². The summed E-state index contributed by atoms with van der Waals surface area (Å²) >= 11 is 0. The van der Waals surface area contributed by atoms with Crippen LogP contribution >= 0.6 is 0 Å². The predicted molar refractivity (Wildman–Crippen MR) is 124 cm³/mol. The Morgan fingerprint density at radius 1 is 0.788 bits per heavy atom. The largest absolute Gasteiger partial charge is 0.463 e. The molecule has 0 amide bonds. The van der Waals surface area contributed by atoms with Gasteiger partial charge >= 0.3 is 11.9 Å². The number of carbonyl (C=O) groups is 2. The molecule has 0 spiro atoms. The Hall–Kier alpha value is -1.30. The van der Waals surface area contributed by atoms with Crippen LogP contribution in [0.15, 0.2) is 0 Å². The molecule has 1 aliphatic heterocycles. The fraction of sp³-hybridized carbons (Fsp3) is 0.913. The van der Waals surface area contributed by atoms with Crippen LogP contribution < -0.4 is 16.1 Å². The van der Waals surface area contributed by atoms with E-state index in [-0.39, 0.29) is 73.8 Å². The van der Waals surface area contributed by atoms with Gasteiger partial charge in [-0.2, -0.15) is 5.48 Å². The first-order chi connectivity index (χ1) is 15.5. The average Bonchev–Trinajstić information content (AvgIpc) is 3.41. The van der Waals surface area contributed by atoms with Gasteiger partial charge in [-0.3, -0.25) is 19.7 Å². The molecule has 0 aliphatic carbocycles. The van der Waals surface area contributed by atoms with Gasteiger partial charge in [-0.25, -0.2) is 0 Å². The fourth-order valence-corrected chi connectivity index (χ4v) is 3.07. The molecule has 0 radical (unpaired) electrons. The number of hydrogen-bond donors (Lipinski definition) is 3. The van der Waals surface area contributed by atoms with Crippen LogP contribution in [0.25, 0.3) is 0 Å². The summed E-state index contributed by atoms with van der Waals surface area (Å²) in [6.45, 7) is 16.3. The molecule has 4 atom stereocenters. The maximum absolute atomic E-state index is 12.2. The molecule has 33 heavy (non-hydrogen) atoms. The van der Waals surface area contributed by atoms with E-state index in [0.717, 1.165) is 6.42 Å². The minimum absolute atomic E-state index is 0.0250. The number of esters is 2. The van der Waals surface area contributed by atoms with E-state index in [4.69, 9.17) is 23.8 Å². The lowest BCUT2D eigenvalue weighted by Gasteiger charge is -2.22. The minimum Gasteiger partial charge on any atom is -0.463 e. The molecule has 1 saturated heterocycles. The van der Waals surface area contributed by atoms with Gasteiger partial charge in [-0.1, -0.05) is 0 Å². The van der Waals surface area contributed by atoms with E-state index in [9.17, 15) is 9.59 Å². The van der Waals surface area contributed by atoms with Gasteiger partial charge in [0.25, 0.3) is 0 Å². The van der Waals surface area contributed by atoms with E-state index < -0.39 is 0 Å². The van der Waals surface area contributed by atoms with Crippen molar-refractivity contribution in [2.24, 2.45) is 0 Å². The van der Waals surface area contributed by atoms with Crippen molar-refractivity contribution in [1.82, 2.24) is 16.1 Å². The van der Waals surface area contributed by atoms with Gasteiger partial charge in [0.05, 0.1) is 43.4 Å². The third kappa shape index (κ3) is 14.5. The Kier molecular flexibility index (Phi) is 14.0. The summed E-state index contributed by atoms with van der Waals surface area (Å²) in [5.74, 6) is -0.565. The number of ether oxygens (including phenoxy) is 4. The quantitative estimate of drug-likeness (QED) is 0.0893. The summed E-state index contributed by atoms with van der Waals surface area (Å²) < 4.78 is 21.8. The second-order valence-electron chi connectivity index (χ2n) is 9.34. The number of rotatable bonds is 18. The van der Waals surface area contributed by atoms with Gasteiger partial charge in [-0.15, -0.1) is 0 Å². The summed E-state index contributed by atoms with van der Waals surface area (Å²) in [4.78, 5) is 29.6. The van der Waals surface area contributed by atoms with E-state index in [2.05, 4.69) is 16.1 Å². The zero-order valence-electron chi connectivity index (χ0n) is 21.5. The molecule has 0 bridgehead atoms. The molecule has 1 heterocycles. The Labute approximate surface area is 198 Å². The van der Waals surface area contributed by atoms with Crippen LogP contribution in [0.4, 0.5) is 0 Å². The summed E-state index contributed by atoms with van der Waals surface area (Å²) in [6.07, 6.45) is -0.0429. The van der Waals surface area contributed by atoms with Crippen molar-refractivity contribution < 1.29 is 33.4 Å². The Morgan fingerprint density at radius 3 is 1.91 bits per heavy atom. The van der Waals surface area contributed by atoms with Crippen molar-refractivity contribution in [3.63, 3.8) is 0 Å². The first kappa shape index (κ1) is 29.7. The molecule has 0 saturated carbocycles. The van der Waals surface area contributed by atoms with Crippen molar-refractivity contribution in [3.8, 4) is 0 Å². The van der Waals surface area contributed by atoms with Crippen LogP contribution in [0, 0.1) is 0 Å². The number of epoxide rings is 1. The Morgan fingerprint density at radius 2 is 1.36 bits per heavy atom. The van der Waals surface area contributed by atoms with E-state index in [1.807, 2.05) is 55.4 Å². The highest BCUT2D eigenvalue weighted by molar-refractivity contribution is 5.70. The predicted octanol–water partition coefficient (Wildman–Crippen LogP) is 2.01. The van der Waals surface area contributed by atoms with Crippen molar-refractivity contribution in [2.75, 3.05) is 13.1 Å². The molecule has 0 aromatic heterocycles. The maximum Gasteiger partial charge on any atom is 0.309 e. The maximum atomic E-state index is 12.2. The number of hydroxylamine groups is 1. The number of nitrogens with one attached hydrogen (secondary N) is 3. The lowest BCUT2D eigenvalue weighted by Crippen LogP contribution is -2.46. The summed E-state index contributed by atoms with van der Waals surface area (Å²) in [7, 11) is 0. The van der Waals surface area contributed by atoms with Crippen LogP contribution in [0.3, 0.4) is 0 Å². The van der Waals surface area contributed by atoms with E-state index >= 15 is 0 Å². The smallest absolute Gasteiger partial charge is 0.309 e. The summed E-state index contributed by atoms with van der Waals surface area (Å²) in [5, 5.41) is 6.67. The molecule has 2 unspecified atom stereocenters. The summed E-state index contributed by atoms with van der Waals surface area (Å²) in [5.41, 5.74) is 2.89. The molecule has 194 valence electrons. The van der Waals surface area contributed by atoms with Crippen molar-refractivity contribution in [3.05, 3.63) is 0 Å². The number of carbonyl (C=O) groups excluding carboxylic acids is 2. The van der Waals surface area contributed by atoms with Crippen LogP contribution in [0.1, 0.15) is 74.7 Å². The van der Waals surface area contributed by atoms with Crippen molar-refractivity contribution in [1.29, 1.82) is 0 Å². The lowest BCUT2D eigenvalue weighted by molar-refractivity contribution is -0.150. The van der Waals surface area contributed by atoms with E-state index in [1.54, 1.807) is 0 Å². The lowest BCUT2D eigenvalue weighted by atomic mass is 10.1. The van der Waals surface area contributed by atoms with Crippen LogP contribution in [0.5, 0.6) is 0 Å². The van der Waals surface area contributed by atoms with Gasteiger partial charge in [-0.05, 0) is 74.9 Å². The van der Waals surface area contributed by atoms with Gasteiger partial charge in [0, 0.05) is 6.04 Å².